The molecule has 8 heteroatoms. The van der Waals surface area contributed by atoms with E-state index < -0.39 is 16.3 Å². The summed E-state index contributed by atoms with van der Waals surface area (Å²) in [5, 5.41) is 0.394. The number of rotatable bonds is 2. The molecule has 2 aromatic heterocycles. The van der Waals surface area contributed by atoms with Crippen molar-refractivity contribution in [2.24, 2.45) is 0 Å². The summed E-state index contributed by atoms with van der Waals surface area (Å²) in [6.45, 7) is 0. The standard InChI is InChI=1S/C14H7ClF3NO2S/c15-10-5-6-19-11-7-12(21-13(10)11)8-1-3-9(4-2-8)22(20)14(16,17)18/h1-7H. The lowest BCUT2D eigenvalue weighted by molar-refractivity contribution is -0.0384. The van der Waals surface area contributed by atoms with Crippen molar-refractivity contribution in [2.75, 3.05) is 0 Å². The molecular weight excluding hydrogens is 339 g/mol. The van der Waals surface area contributed by atoms with Crippen LogP contribution >= 0.6 is 11.6 Å². The first-order chi connectivity index (χ1) is 10.4. The molecule has 0 saturated heterocycles. The predicted octanol–water partition coefficient (Wildman–Crippen LogP) is 4.78. The van der Waals surface area contributed by atoms with Crippen molar-refractivity contribution < 1.29 is 21.8 Å². The topological polar surface area (TPSA) is 43.1 Å². The van der Waals surface area contributed by atoms with Gasteiger partial charge in [-0.05, 0) is 18.2 Å². The summed E-state index contributed by atoms with van der Waals surface area (Å²) in [6.07, 6.45) is 1.53. The van der Waals surface area contributed by atoms with Gasteiger partial charge in [0.2, 0.25) is 0 Å². The van der Waals surface area contributed by atoms with Gasteiger partial charge in [-0.25, -0.2) is 4.21 Å². The van der Waals surface area contributed by atoms with Crippen LogP contribution in [-0.4, -0.2) is 14.7 Å². The Hall–Kier alpha value is -1.86. The summed E-state index contributed by atoms with van der Waals surface area (Å²) in [6, 6.07) is 8.33. The highest BCUT2D eigenvalue weighted by molar-refractivity contribution is 7.86. The predicted molar refractivity (Wildman–Crippen MR) is 76.9 cm³/mol. The maximum absolute atomic E-state index is 12.4. The fourth-order valence-electron chi connectivity index (χ4n) is 1.93. The average Bonchev–Trinajstić information content (AvgIpc) is 2.91. The highest BCUT2D eigenvalue weighted by Crippen LogP contribution is 2.32. The molecule has 2 heterocycles. The Morgan fingerprint density at radius 3 is 2.41 bits per heavy atom. The molecule has 1 atom stereocenters. The second-order valence-electron chi connectivity index (χ2n) is 4.36. The van der Waals surface area contributed by atoms with Gasteiger partial charge < -0.3 is 4.42 Å². The Labute approximate surface area is 130 Å². The zero-order valence-electron chi connectivity index (χ0n) is 10.7. The van der Waals surface area contributed by atoms with Crippen LogP contribution < -0.4 is 0 Å². The smallest absolute Gasteiger partial charge is 0.453 e. The van der Waals surface area contributed by atoms with Crippen molar-refractivity contribution in [3.8, 4) is 11.3 Å². The maximum Gasteiger partial charge on any atom is 0.475 e. The van der Waals surface area contributed by atoms with Gasteiger partial charge in [-0.1, -0.05) is 23.7 Å². The molecule has 0 aliphatic rings. The number of hydrogen-bond acceptors (Lipinski definition) is 3. The van der Waals surface area contributed by atoms with Crippen LogP contribution in [0.3, 0.4) is 0 Å². The van der Waals surface area contributed by atoms with E-state index in [0.717, 1.165) is 12.1 Å². The zero-order valence-corrected chi connectivity index (χ0v) is 12.3. The monoisotopic (exact) mass is 345 g/mol. The van der Waals surface area contributed by atoms with Gasteiger partial charge >= 0.3 is 5.51 Å². The molecule has 0 aliphatic heterocycles. The summed E-state index contributed by atoms with van der Waals surface area (Å²) >= 11 is 5.98. The third-order valence-corrected chi connectivity index (χ3v) is 4.35. The molecule has 0 aliphatic carbocycles. The number of fused-ring (bicyclic) bond motifs is 1. The van der Waals surface area contributed by atoms with Crippen LogP contribution in [0.5, 0.6) is 0 Å². The van der Waals surface area contributed by atoms with E-state index in [0.29, 0.717) is 27.4 Å². The van der Waals surface area contributed by atoms with Crippen LogP contribution in [0.2, 0.25) is 5.02 Å². The lowest BCUT2D eigenvalue weighted by Crippen LogP contribution is -2.15. The number of halogens is 4. The van der Waals surface area contributed by atoms with E-state index in [1.165, 1.54) is 18.3 Å². The fourth-order valence-corrected chi connectivity index (χ4v) is 2.77. The van der Waals surface area contributed by atoms with Crippen molar-refractivity contribution in [3.63, 3.8) is 0 Å². The van der Waals surface area contributed by atoms with E-state index in [1.807, 2.05) is 0 Å². The molecule has 3 rings (SSSR count). The second kappa shape index (κ2) is 5.40. The largest absolute Gasteiger partial charge is 0.475 e. The Balaban J connectivity index is 1.98. The summed E-state index contributed by atoms with van der Waals surface area (Å²) in [4.78, 5) is 3.77. The van der Waals surface area contributed by atoms with Gasteiger partial charge in [0.05, 0.1) is 5.02 Å². The van der Waals surface area contributed by atoms with E-state index in [4.69, 9.17) is 16.0 Å². The van der Waals surface area contributed by atoms with Gasteiger partial charge in [0.15, 0.2) is 16.4 Å². The first kappa shape index (κ1) is 15.1. The van der Waals surface area contributed by atoms with Crippen LogP contribution in [0.1, 0.15) is 0 Å². The molecule has 1 unspecified atom stereocenters. The molecule has 0 spiro atoms. The lowest BCUT2D eigenvalue weighted by Gasteiger charge is -2.06. The molecule has 1 aromatic carbocycles. The van der Waals surface area contributed by atoms with Crippen LogP contribution in [0, 0.1) is 0 Å². The molecule has 3 aromatic rings. The van der Waals surface area contributed by atoms with Crippen LogP contribution in [-0.2, 0) is 10.8 Å². The third-order valence-electron chi connectivity index (χ3n) is 2.93. The number of hydrogen-bond donors (Lipinski definition) is 0. The van der Waals surface area contributed by atoms with E-state index >= 15 is 0 Å². The molecule has 22 heavy (non-hydrogen) atoms. The zero-order chi connectivity index (χ0) is 15.9. The SMILES string of the molecule is O=S(c1ccc(-c2cc3nccc(Cl)c3o2)cc1)C(F)(F)F. The first-order valence-electron chi connectivity index (χ1n) is 5.99. The second-order valence-corrected chi connectivity index (χ2v) is 6.24. The van der Waals surface area contributed by atoms with Crippen LogP contribution in [0.15, 0.2) is 51.9 Å². The number of benzene rings is 1. The van der Waals surface area contributed by atoms with Crippen molar-refractivity contribution >= 4 is 33.5 Å². The van der Waals surface area contributed by atoms with Gasteiger partial charge in [0.25, 0.3) is 0 Å². The summed E-state index contributed by atoms with van der Waals surface area (Å²) in [5.41, 5.74) is -3.29. The Bertz CT molecular complexity index is 859. The van der Waals surface area contributed by atoms with Crippen LogP contribution in [0.4, 0.5) is 13.2 Å². The summed E-state index contributed by atoms with van der Waals surface area (Å²) in [7, 11) is -3.05. The molecular formula is C14H7ClF3NO2S. The van der Waals surface area contributed by atoms with Crippen molar-refractivity contribution in [1.29, 1.82) is 0 Å². The van der Waals surface area contributed by atoms with Gasteiger partial charge in [-0.3, -0.25) is 4.98 Å². The van der Waals surface area contributed by atoms with Crippen LogP contribution in [0.25, 0.3) is 22.4 Å². The number of furan rings is 1. The van der Waals surface area contributed by atoms with Crippen molar-refractivity contribution in [2.45, 2.75) is 10.4 Å². The van der Waals surface area contributed by atoms with Gasteiger partial charge in [-0.15, -0.1) is 0 Å². The average molecular weight is 346 g/mol. The van der Waals surface area contributed by atoms with Gasteiger partial charge in [0, 0.05) is 22.7 Å². The summed E-state index contributed by atoms with van der Waals surface area (Å²) in [5.74, 6) is 0.417. The quantitative estimate of drug-likeness (QED) is 0.671. The fraction of sp³-hybridized carbons (Fsp3) is 0.0714. The van der Waals surface area contributed by atoms with Crippen molar-refractivity contribution in [3.05, 3.63) is 47.6 Å². The Morgan fingerprint density at radius 1 is 1.14 bits per heavy atom. The highest BCUT2D eigenvalue weighted by atomic mass is 35.5. The number of pyridine rings is 1. The minimum atomic E-state index is -4.78. The lowest BCUT2D eigenvalue weighted by atomic mass is 10.2. The Kier molecular flexibility index (Phi) is 3.70. The van der Waals surface area contributed by atoms with E-state index in [-0.39, 0.29) is 4.90 Å². The molecule has 0 fully saturated rings. The first-order valence-corrected chi connectivity index (χ1v) is 7.52. The molecule has 0 amide bonds. The van der Waals surface area contributed by atoms with Crippen molar-refractivity contribution in [1.82, 2.24) is 4.98 Å². The normalized spacial score (nSPS) is 13.5. The molecule has 0 N–H and O–H groups in total. The summed E-state index contributed by atoms with van der Waals surface area (Å²) < 4.78 is 54.0. The number of aromatic nitrogens is 1. The molecule has 3 nitrogen and oxygen atoms in total. The Morgan fingerprint density at radius 2 is 1.82 bits per heavy atom. The highest BCUT2D eigenvalue weighted by Gasteiger charge is 2.37. The van der Waals surface area contributed by atoms with E-state index in [2.05, 4.69) is 4.98 Å². The maximum atomic E-state index is 12.4. The van der Waals surface area contributed by atoms with E-state index in [9.17, 15) is 17.4 Å². The number of nitrogens with zero attached hydrogens (tertiary/aromatic N) is 1. The third kappa shape index (κ3) is 2.74. The van der Waals surface area contributed by atoms with Gasteiger partial charge in [-0.2, -0.15) is 13.2 Å². The number of alkyl halides is 3. The molecule has 0 radical (unpaired) electrons. The van der Waals surface area contributed by atoms with E-state index in [1.54, 1.807) is 12.1 Å². The minimum Gasteiger partial charge on any atom is -0.453 e. The van der Waals surface area contributed by atoms with Gasteiger partial charge in [0.1, 0.15) is 11.3 Å². The molecule has 114 valence electrons. The molecule has 0 bridgehead atoms. The molecule has 0 saturated carbocycles. The minimum absolute atomic E-state index is 0.316.